The molecule has 0 aromatic heterocycles. The monoisotopic (exact) mass is 269 g/mol. The van der Waals surface area contributed by atoms with Crippen molar-refractivity contribution < 1.29 is 0 Å². The van der Waals surface area contributed by atoms with Crippen molar-refractivity contribution >= 4 is 10.8 Å². The van der Waals surface area contributed by atoms with E-state index in [4.69, 9.17) is 0 Å². The first-order valence-electron chi connectivity index (χ1n) is 8.00. The van der Waals surface area contributed by atoms with Crippen molar-refractivity contribution in [3.05, 3.63) is 48.0 Å². The van der Waals surface area contributed by atoms with Crippen LogP contribution in [0.3, 0.4) is 0 Å². The molecule has 20 heavy (non-hydrogen) atoms. The molecule has 0 fully saturated rings. The predicted molar refractivity (Wildman–Crippen MR) is 89.0 cm³/mol. The van der Waals surface area contributed by atoms with Gasteiger partial charge in [-0.1, -0.05) is 69.0 Å². The van der Waals surface area contributed by atoms with E-state index in [2.05, 4.69) is 61.6 Å². The highest BCUT2D eigenvalue weighted by Crippen LogP contribution is 2.15. The summed E-state index contributed by atoms with van der Waals surface area (Å²) in [6, 6.07) is 15.9. The number of nitrogens with one attached hydrogen (secondary N) is 1. The average Bonchev–Trinajstić information content (AvgIpc) is 2.49. The molecule has 0 heterocycles. The maximum absolute atomic E-state index is 3.64. The normalized spacial score (nSPS) is 12.7. The zero-order valence-electron chi connectivity index (χ0n) is 12.9. The van der Waals surface area contributed by atoms with Crippen LogP contribution in [-0.4, -0.2) is 6.04 Å². The Morgan fingerprint density at radius 2 is 1.75 bits per heavy atom. The summed E-state index contributed by atoms with van der Waals surface area (Å²) in [6.07, 6.45) is 6.70. The molecule has 0 saturated carbocycles. The summed E-state index contributed by atoms with van der Waals surface area (Å²) < 4.78 is 0. The fourth-order valence-electron chi connectivity index (χ4n) is 2.62. The molecule has 0 spiro atoms. The Hall–Kier alpha value is -1.34. The lowest BCUT2D eigenvalue weighted by Gasteiger charge is -2.14. The van der Waals surface area contributed by atoms with Crippen molar-refractivity contribution in [1.29, 1.82) is 0 Å². The van der Waals surface area contributed by atoms with E-state index in [0.717, 1.165) is 6.54 Å². The molecule has 0 aliphatic carbocycles. The van der Waals surface area contributed by atoms with Crippen LogP contribution < -0.4 is 5.32 Å². The van der Waals surface area contributed by atoms with E-state index in [0.29, 0.717) is 6.04 Å². The minimum atomic E-state index is 0.610. The molecule has 0 saturated heterocycles. The summed E-state index contributed by atoms with van der Waals surface area (Å²) in [7, 11) is 0. The number of hydrogen-bond acceptors (Lipinski definition) is 1. The zero-order valence-corrected chi connectivity index (χ0v) is 12.9. The maximum Gasteiger partial charge on any atom is 0.0208 e. The van der Waals surface area contributed by atoms with Gasteiger partial charge < -0.3 is 5.32 Å². The molecule has 0 amide bonds. The van der Waals surface area contributed by atoms with Gasteiger partial charge in [0.1, 0.15) is 0 Å². The summed E-state index contributed by atoms with van der Waals surface area (Å²) in [5, 5.41) is 6.30. The Labute approximate surface area is 123 Å². The molecule has 1 atom stereocenters. The number of hydrogen-bond donors (Lipinski definition) is 1. The summed E-state index contributed by atoms with van der Waals surface area (Å²) in [6.45, 7) is 5.54. The first kappa shape index (κ1) is 15.1. The minimum absolute atomic E-state index is 0.610. The van der Waals surface area contributed by atoms with Gasteiger partial charge in [-0.2, -0.15) is 0 Å². The predicted octanol–water partition coefficient (Wildman–Crippen LogP) is 5.29. The summed E-state index contributed by atoms with van der Waals surface area (Å²) in [4.78, 5) is 0. The summed E-state index contributed by atoms with van der Waals surface area (Å²) in [5.41, 5.74) is 1.38. The van der Waals surface area contributed by atoms with Crippen LogP contribution in [0, 0.1) is 0 Å². The van der Waals surface area contributed by atoms with Crippen molar-refractivity contribution in [3.8, 4) is 0 Å². The van der Waals surface area contributed by atoms with Crippen LogP contribution in [0.4, 0.5) is 0 Å². The van der Waals surface area contributed by atoms with Gasteiger partial charge >= 0.3 is 0 Å². The van der Waals surface area contributed by atoms with E-state index < -0.39 is 0 Å². The van der Waals surface area contributed by atoms with Crippen molar-refractivity contribution in [2.75, 3.05) is 0 Å². The van der Waals surface area contributed by atoms with Gasteiger partial charge in [0.05, 0.1) is 0 Å². The molecule has 1 unspecified atom stereocenters. The lowest BCUT2D eigenvalue weighted by Crippen LogP contribution is -2.25. The van der Waals surface area contributed by atoms with Crippen LogP contribution in [0.1, 0.15) is 51.5 Å². The molecule has 108 valence electrons. The van der Waals surface area contributed by atoms with E-state index in [-0.39, 0.29) is 0 Å². The van der Waals surface area contributed by atoms with Crippen molar-refractivity contribution in [2.24, 2.45) is 0 Å². The molecule has 1 heteroatoms. The third-order valence-corrected chi connectivity index (χ3v) is 3.96. The second kappa shape index (κ2) is 8.06. The van der Waals surface area contributed by atoms with Crippen molar-refractivity contribution in [2.45, 2.75) is 58.5 Å². The SMILES string of the molecule is CCCCCCC(C)NCc1ccc2ccccc2c1. The smallest absolute Gasteiger partial charge is 0.0208 e. The van der Waals surface area contributed by atoms with Gasteiger partial charge in [-0.3, -0.25) is 0 Å². The highest BCUT2D eigenvalue weighted by atomic mass is 14.9. The Morgan fingerprint density at radius 3 is 2.55 bits per heavy atom. The van der Waals surface area contributed by atoms with E-state index in [1.54, 1.807) is 0 Å². The molecule has 2 aromatic carbocycles. The molecular formula is C19H27N. The molecule has 2 rings (SSSR count). The molecule has 0 bridgehead atoms. The second-order valence-electron chi connectivity index (χ2n) is 5.81. The van der Waals surface area contributed by atoms with Gasteiger partial charge in [0.15, 0.2) is 0 Å². The molecule has 2 aromatic rings. The quantitative estimate of drug-likeness (QED) is 0.642. The fourth-order valence-corrected chi connectivity index (χ4v) is 2.62. The van der Waals surface area contributed by atoms with Gasteiger partial charge in [0, 0.05) is 12.6 Å². The second-order valence-corrected chi connectivity index (χ2v) is 5.81. The van der Waals surface area contributed by atoms with E-state index >= 15 is 0 Å². The van der Waals surface area contributed by atoms with Gasteiger partial charge in [-0.15, -0.1) is 0 Å². The Morgan fingerprint density at radius 1 is 0.950 bits per heavy atom. The number of benzene rings is 2. The average molecular weight is 269 g/mol. The third kappa shape index (κ3) is 4.64. The van der Waals surface area contributed by atoms with Gasteiger partial charge in [0.25, 0.3) is 0 Å². The van der Waals surface area contributed by atoms with Gasteiger partial charge in [-0.25, -0.2) is 0 Å². The number of unbranched alkanes of at least 4 members (excludes halogenated alkanes) is 3. The molecular weight excluding hydrogens is 242 g/mol. The highest BCUT2D eigenvalue weighted by molar-refractivity contribution is 5.82. The molecule has 0 aliphatic rings. The van der Waals surface area contributed by atoms with Crippen LogP contribution >= 0.6 is 0 Å². The molecule has 0 aliphatic heterocycles. The molecule has 1 nitrogen and oxygen atoms in total. The number of rotatable bonds is 8. The first-order chi connectivity index (χ1) is 9.79. The third-order valence-electron chi connectivity index (χ3n) is 3.96. The van der Waals surface area contributed by atoms with E-state index in [1.165, 1.54) is 48.4 Å². The lowest BCUT2D eigenvalue weighted by molar-refractivity contribution is 0.483. The van der Waals surface area contributed by atoms with E-state index in [9.17, 15) is 0 Å². The Bertz CT molecular complexity index is 518. The fraction of sp³-hybridized carbons (Fsp3) is 0.474. The van der Waals surface area contributed by atoms with Crippen molar-refractivity contribution in [3.63, 3.8) is 0 Å². The topological polar surface area (TPSA) is 12.0 Å². The van der Waals surface area contributed by atoms with Crippen LogP contribution in [-0.2, 0) is 6.54 Å². The number of fused-ring (bicyclic) bond motifs is 1. The molecule has 0 radical (unpaired) electrons. The maximum atomic E-state index is 3.64. The zero-order chi connectivity index (χ0) is 14.2. The Kier molecular flexibility index (Phi) is 6.07. The van der Waals surface area contributed by atoms with E-state index in [1.807, 2.05) is 0 Å². The van der Waals surface area contributed by atoms with Gasteiger partial charge in [0.2, 0.25) is 0 Å². The minimum Gasteiger partial charge on any atom is -0.310 e. The van der Waals surface area contributed by atoms with Crippen molar-refractivity contribution in [1.82, 2.24) is 5.32 Å². The lowest BCUT2D eigenvalue weighted by atomic mass is 10.1. The molecule has 1 N–H and O–H groups in total. The largest absolute Gasteiger partial charge is 0.310 e. The van der Waals surface area contributed by atoms with Gasteiger partial charge in [-0.05, 0) is 35.7 Å². The summed E-state index contributed by atoms with van der Waals surface area (Å²) in [5.74, 6) is 0. The van der Waals surface area contributed by atoms with Crippen LogP contribution in [0.2, 0.25) is 0 Å². The Balaban J connectivity index is 1.80. The first-order valence-corrected chi connectivity index (χ1v) is 8.00. The standard InChI is InChI=1S/C19H27N/c1-3-4-5-6-9-16(2)20-15-17-12-13-18-10-7-8-11-19(18)14-17/h7-8,10-14,16,20H,3-6,9,15H2,1-2H3. The summed E-state index contributed by atoms with van der Waals surface area (Å²) >= 11 is 0. The highest BCUT2D eigenvalue weighted by Gasteiger charge is 2.02. The van der Waals surface area contributed by atoms with Crippen LogP contribution in [0.15, 0.2) is 42.5 Å². The van der Waals surface area contributed by atoms with Crippen LogP contribution in [0.5, 0.6) is 0 Å². The van der Waals surface area contributed by atoms with Crippen LogP contribution in [0.25, 0.3) is 10.8 Å².